The maximum atomic E-state index is 12.5. The predicted molar refractivity (Wildman–Crippen MR) is 102 cm³/mol. The Bertz CT molecular complexity index is 870. The zero-order valence-electron chi connectivity index (χ0n) is 14.9. The second kappa shape index (κ2) is 8.87. The second-order valence-corrected chi connectivity index (χ2v) is 7.43. The van der Waals surface area contributed by atoms with Gasteiger partial charge in [0.2, 0.25) is 11.0 Å². The Morgan fingerprint density at radius 1 is 1.33 bits per heavy atom. The zero-order chi connectivity index (χ0) is 20.1. The van der Waals surface area contributed by atoms with E-state index in [1.54, 1.807) is 13.8 Å². The van der Waals surface area contributed by atoms with Crippen LogP contribution in [0.25, 0.3) is 0 Å². The molecule has 0 fully saturated rings. The Balaban J connectivity index is 2.15. The van der Waals surface area contributed by atoms with Crippen LogP contribution in [-0.2, 0) is 11.2 Å². The van der Waals surface area contributed by atoms with E-state index in [1.807, 2.05) is 6.92 Å². The third-order valence-corrected chi connectivity index (χ3v) is 4.94. The summed E-state index contributed by atoms with van der Waals surface area (Å²) >= 11 is 7.01. The van der Waals surface area contributed by atoms with Crippen LogP contribution in [0.15, 0.2) is 18.2 Å². The number of anilines is 1. The lowest BCUT2D eigenvalue weighted by Gasteiger charge is -2.21. The molecule has 2 rings (SSSR count). The molecular formula is C16H18ClN5O4S. The van der Waals surface area contributed by atoms with Crippen LogP contribution in [-0.4, -0.2) is 33.0 Å². The average molecular weight is 412 g/mol. The Labute approximate surface area is 164 Å². The van der Waals surface area contributed by atoms with Gasteiger partial charge in [0.1, 0.15) is 16.1 Å². The van der Waals surface area contributed by atoms with Gasteiger partial charge in [0, 0.05) is 11.6 Å². The fourth-order valence-corrected chi connectivity index (χ4v) is 3.05. The van der Waals surface area contributed by atoms with Gasteiger partial charge in [-0.1, -0.05) is 43.7 Å². The molecule has 0 aliphatic heterocycles. The Morgan fingerprint density at radius 2 is 2.04 bits per heavy atom. The monoisotopic (exact) mass is 411 g/mol. The Morgan fingerprint density at radius 3 is 2.59 bits per heavy atom. The van der Waals surface area contributed by atoms with Crippen molar-refractivity contribution >= 4 is 45.6 Å². The van der Waals surface area contributed by atoms with Gasteiger partial charge < -0.3 is 5.32 Å². The van der Waals surface area contributed by atoms with Crippen LogP contribution in [0, 0.1) is 16.0 Å². The van der Waals surface area contributed by atoms with Gasteiger partial charge in [0.25, 0.3) is 11.6 Å². The topological polar surface area (TPSA) is 127 Å². The van der Waals surface area contributed by atoms with E-state index >= 15 is 0 Å². The molecule has 2 aromatic rings. The highest BCUT2D eigenvalue weighted by Crippen LogP contribution is 2.25. The molecule has 9 nitrogen and oxygen atoms in total. The largest absolute Gasteiger partial charge is 0.340 e. The van der Waals surface area contributed by atoms with E-state index in [4.69, 9.17) is 11.6 Å². The van der Waals surface area contributed by atoms with Crippen molar-refractivity contribution in [1.82, 2.24) is 15.5 Å². The highest BCUT2D eigenvalue weighted by molar-refractivity contribution is 7.15. The SMILES string of the molecule is CCc1nnc(NC(=O)[C@@H](NC(=O)c2ccc(Cl)c([N+](=O)[O-])c2)C(C)C)s1. The van der Waals surface area contributed by atoms with Gasteiger partial charge in [0.15, 0.2) is 0 Å². The summed E-state index contributed by atoms with van der Waals surface area (Å²) in [4.78, 5) is 35.3. The summed E-state index contributed by atoms with van der Waals surface area (Å²) in [5, 5.41) is 25.1. The third-order valence-electron chi connectivity index (χ3n) is 3.64. The Kier molecular flexibility index (Phi) is 6.81. The van der Waals surface area contributed by atoms with Gasteiger partial charge in [-0.25, -0.2) is 0 Å². The van der Waals surface area contributed by atoms with Gasteiger partial charge >= 0.3 is 0 Å². The summed E-state index contributed by atoms with van der Waals surface area (Å²) in [6, 6.07) is 2.84. The lowest BCUT2D eigenvalue weighted by Crippen LogP contribution is -2.47. The summed E-state index contributed by atoms with van der Waals surface area (Å²) < 4.78 is 0. The van der Waals surface area contributed by atoms with E-state index in [0.29, 0.717) is 11.6 Å². The van der Waals surface area contributed by atoms with E-state index in [2.05, 4.69) is 20.8 Å². The van der Waals surface area contributed by atoms with Gasteiger partial charge in [0.05, 0.1) is 4.92 Å². The summed E-state index contributed by atoms with van der Waals surface area (Å²) in [7, 11) is 0. The molecule has 0 aliphatic carbocycles. The normalized spacial score (nSPS) is 11.9. The van der Waals surface area contributed by atoms with Crippen molar-refractivity contribution in [2.24, 2.45) is 5.92 Å². The summed E-state index contributed by atoms with van der Waals surface area (Å²) in [5.41, 5.74) is -0.343. The molecule has 144 valence electrons. The molecular weight excluding hydrogens is 394 g/mol. The van der Waals surface area contributed by atoms with Gasteiger partial charge in [-0.15, -0.1) is 10.2 Å². The molecule has 1 heterocycles. The number of rotatable bonds is 7. The van der Waals surface area contributed by atoms with Crippen LogP contribution >= 0.6 is 22.9 Å². The number of nitro groups is 1. The second-order valence-electron chi connectivity index (χ2n) is 5.96. The number of amides is 2. The zero-order valence-corrected chi connectivity index (χ0v) is 16.4. The quantitative estimate of drug-likeness (QED) is 0.532. The fraction of sp³-hybridized carbons (Fsp3) is 0.375. The van der Waals surface area contributed by atoms with Gasteiger partial charge in [-0.05, 0) is 24.5 Å². The molecule has 0 saturated carbocycles. The standard InChI is InChI=1S/C16H18ClN5O4S/c1-4-12-20-21-16(27-12)19-15(24)13(8(2)3)18-14(23)9-5-6-10(17)11(7-9)22(25)26/h5-8,13H,4H2,1-3H3,(H,18,23)(H,19,21,24)/t13-/m0/s1. The molecule has 2 amide bonds. The van der Waals surface area contributed by atoms with Crippen LogP contribution in [0.2, 0.25) is 5.02 Å². The van der Waals surface area contributed by atoms with Crippen LogP contribution in [0.4, 0.5) is 10.8 Å². The van der Waals surface area contributed by atoms with Gasteiger partial charge in [-0.3, -0.25) is 25.0 Å². The number of benzene rings is 1. The first-order valence-electron chi connectivity index (χ1n) is 8.11. The van der Waals surface area contributed by atoms with E-state index in [9.17, 15) is 19.7 Å². The van der Waals surface area contributed by atoms with Crippen LogP contribution in [0.1, 0.15) is 36.1 Å². The minimum Gasteiger partial charge on any atom is -0.340 e. The lowest BCUT2D eigenvalue weighted by molar-refractivity contribution is -0.384. The van der Waals surface area contributed by atoms with Gasteiger partial charge in [-0.2, -0.15) is 0 Å². The number of nitrogens with zero attached hydrogens (tertiary/aromatic N) is 3. The minimum atomic E-state index is -0.860. The third kappa shape index (κ3) is 5.20. The van der Waals surface area contributed by atoms with Crippen LogP contribution < -0.4 is 10.6 Å². The molecule has 0 unspecified atom stereocenters. The molecule has 0 saturated heterocycles. The van der Waals surface area contributed by atoms with Crippen molar-refractivity contribution in [3.05, 3.63) is 43.9 Å². The molecule has 0 bridgehead atoms. The van der Waals surface area contributed by atoms with Crippen LogP contribution in [0.5, 0.6) is 0 Å². The van der Waals surface area contributed by atoms with Crippen molar-refractivity contribution in [2.75, 3.05) is 5.32 Å². The lowest BCUT2D eigenvalue weighted by atomic mass is 10.0. The molecule has 11 heteroatoms. The molecule has 1 atom stereocenters. The first-order chi connectivity index (χ1) is 12.7. The van der Waals surface area contributed by atoms with Crippen molar-refractivity contribution in [3.8, 4) is 0 Å². The number of nitro benzene ring substituents is 1. The highest BCUT2D eigenvalue weighted by Gasteiger charge is 2.26. The molecule has 0 aliphatic rings. The first kappa shape index (κ1) is 20.7. The minimum absolute atomic E-state index is 0.0359. The molecule has 1 aromatic heterocycles. The number of halogens is 1. The van der Waals surface area contributed by atoms with E-state index < -0.39 is 22.8 Å². The molecule has 0 radical (unpaired) electrons. The maximum Gasteiger partial charge on any atom is 0.288 e. The summed E-state index contributed by atoms with van der Waals surface area (Å²) in [6.45, 7) is 5.47. The predicted octanol–water partition coefficient (Wildman–Crippen LogP) is 3.06. The number of carbonyl (C=O) groups is 2. The summed E-state index contributed by atoms with van der Waals surface area (Å²) in [6.07, 6.45) is 0.702. The van der Waals surface area contributed by atoms with Crippen molar-refractivity contribution in [3.63, 3.8) is 0 Å². The number of nitrogens with one attached hydrogen (secondary N) is 2. The molecule has 0 spiro atoms. The van der Waals surface area contributed by atoms with E-state index in [0.717, 1.165) is 11.1 Å². The number of hydrogen-bond donors (Lipinski definition) is 2. The van der Waals surface area contributed by atoms with Crippen molar-refractivity contribution in [1.29, 1.82) is 0 Å². The maximum absolute atomic E-state index is 12.5. The number of hydrogen-bond acceptors (Lipinski definition) is 7. The fourth-order valence-electron chi connectivity index (χ4n) is 2.18. The van der Waals surface area contributed by atoms with E-state index in [1.165, 1.54) is 23.5 Å². The molecule has 1 aromatic carbocycles. The van der Waals surface area contributed by atoms with E-state index in [-0.39, 0.29) is 22.2 Å². The first-order valence-corrected chi connectivity index (χ1v) is 9.30. The average Bonchev–Trinajstić information content (AvgIpc) is 3.06. The number of carbonyl (C=O) groups excluding carboxylic acids is 2. The van der Waals surface area contributed by atoms with Crippen molar-refractivity contribution < 1.29 is 14.5 Å². The molecule has 27 heavy (non-hydrogen) atoms. The number of aromatic nitrogens is 2. The summed E-state index contributed by atoms with van der Waals surface area (Å²) in [5.74, 6) is -1.29. The van der Waals surface area contributed by atoms with Crippen molar-refractivity contribution in [2.45, 2.75) is 33.2 Å². The number of aryl methyl sites for hydroxylation is 1. The highest BCUT2D eigenvalue weighted by atomic mass is 35.5. The smallest absolute Gasteiger partial charge is 0.288 e. The van der Waals surface area contributed by atoms with Crippen LogP contribution in [0.3, 0.4) is 0 Å². The molecule has 2 N–H and O–H groups in total. The Hall–Kier alpha value is -2.59.